The fourth-order valence-corrected chi connectivity index (χ4v) is 8.83. The Morgan fingerprint density at radius 2 is 1.79 bits per heavy atom. The molecule has 4 fully saturated rings. The molecule has 4 heteroatoms. The standard InChI is InChI=1S/C24H40O4/c1-14(7-10-22(27)28)16-8-9-17-15-12-20(25)18-6-4-5-11-23(18,2)19(15)13-21(26)24(16,17)3/h14-21,25-26H,4-13H2,1-3H3,(H,27,28). The molecule has 0 amide bonds. The SMILES string of the molecule is CC(CCC(=O)O)C1CCC2C3CC(O)C4CCCCC4(C)C3CC(O)C12C. The molecule has 4 aliphatic rings. The van der Waals surface area contributed by atoms with Gasteiger partial charge in [-0.3, -0.25) is 4.79 Å². The first-order valence-corrected chi connectivity index (χ1v) is 11.8. The van der Waals surface area contributed by atoms with Crippen LogP contribution in [0.3, 0.4) is 0 Å². The van der Waals surface area contributed by atoms with Gasteiger partial charge in [-0.2, -0.15) is 0 Å². The summed E-state index contributed by atoms with van der Waals surface area (Å²) >= 11 is 0. The van der Waals surface area contributed by atoms with E-state index in [4.69, 9.17) is 5.11 Å². The molecule has 0 aromatic heterocycles. The fraction of sp³-hybridized carbons (Fsp3) is 0.958. The summed E-state index contributed by atoms with van der Waals surface area (Å²) in [6.45, 7) is 6.89. The second-order valence-corrected chi connectivity index (χ2v) is 11.2. The van der Waals surface area contributed by atoms with E-state index >= 15 is 0 Å². The van der Waals surface area contributed by atoms with Crippen molar-refractivity contribution < 1.29 is 20.1 Å². The molecule has 4 saturated carbocycles. The summed E-state index contributed by atoms with van der Waals surface area (Å²) in [5.41, 5.74) is 0.0482. The quantitative estimate of drug-likeness (QED) is 0.659. The molecular formula is C24H40O4. The molecule has 4 aliphatic carbocycles. The average molecular weight is 393 g/mol. The highest BCUT2D eigenvalue weighted by molar-refractivity contribution is 5.66. The van der Waals surface area contributed by atoms with Gasteiger partial charge in [0, 0.05) is 6.42 Å². The van der Waals surface area contributed by atoms with E-state index in [9.17, 15) is 15.0 Å². The molecule has 3 N–H and O–H groups in total. The molecule has 0 bridgehead atoms. The van der Waals surface area contributed by atoms with Gasteiger partial charge < -0.3 is 15.3 Å². The first-order chi connectivity index (χ1) is 13.2. The van der Waals surface area contributed by atoms with Gasteiger partial charge in [0.2, 0.25) is 0 Å². The maximum atomic E-state index is 11.5. The van der Waals surface area contributed by atoms with Crippen LogP contribution >= 0.6 is 0 Å². The number of carboxylic acids is 1. The first-order valence-electron chi connectivity index (χ1n) is 11.8. The smallest absolute Gasteiger partial charge is 0.303 e. The predicted octanol–water partition coefficient (Wildman–Crippen LogP) is 4.48. The largest absolute Gasteiger partial charge is 0.481 e. The van der Waals surface area contributed by atoms with Crippen molar-refractivity contribution >= 4 is 5.97 Å². The summed E-state index contributed by atoms with van der Waals surface area (Å²) < 4.78 is 0. The maximum absolute atomic E-state index is 11.5. The Morgan fingerprint density at radius 3 is 2.50 bits per heavy atom. The van der Waals surface area contributed by atoms with Crippen molar-refractivity contribution in [1.82, 2.24) is 0 Å². The Balaban J connectivity index is 1.60. The lowest BCUT2D eigenvalue weighted by Gasteiger charge is -2.63. The van der Waals surface area contributed by atoms with Crippen molar-refractivity contribution in [2.24, 2.45) is 46.3 Å². The molecule has 0 saturated heterocycles. The normalized spacial score (nSPS) is 51.7. The van der Waals surface area contributed by atoms with Crippen LogP contribution in [0.25, 0.3) is 0 Å². The summed E-state index contributed by atoms with van der Waals surface area (Å²) in [6, 6.07) is 0. The minimum atomic E-state index is -0.720. The molecule has 0 aromatic carbocycles. The van der Waals surface area contributed by atoms with Gasteiger partial charge in [0.05, 0.1) is 12.2 Å². The molecule has 0 heterocycles. The van der Waals surface area contributed by atoms with Gasteiger partial charge in [0.15, 0.2) is 0 Å². The second-order valence-electron chi connectivity index (χ2n) is 11.2. The number of aliphatic carboxylic acids is 1. The zero-order valence-electron chi connectivity index (χ0n) is 17.9. The summed E-state index contributed by atoms with van der Waals surface area (Å²) in [7, 11) is 0. The highest BCUT2D eigenvalue weighted by Gasteiger charge is 2.64. The average Bonchev–Trinajstić information content (AvgIpc) is 3.00. The molecular weight excluding hydrogens is 352 g/mol. The van der Waals surface area contributed by atoms with Gasteiger partial charge in [-0.1, -0.05) is 33.6 Å². The third-order valence-corrected chi connectivity index (χ3v) is 10.3. The topological polar surface area (TPSA) is 77.8 Å². The van der Waals surface area contributed by atoms with E-state index in [0.29, 0.717) is 41.9 Å². The Labute approximate surface area is 170 Å². The number of hydrogen-bond donors (Lipinski definition) is 3. The Morgan fingerprint density at radius 1 is 1.04 bits per heavy atom. The van der Waals surface area contributed by atoms with E-state index < -0.39 is 5.97 Å². The third kappa shape index (κ3) is 2.96. The highest BCUT2D eigenvalue weighted by Crippen LogP contribution is 2.68. The number of fused-ring (bicyclic) bond motifs is 5. The number of carbonyl (C=O) groups is 1. The maximum Gasteiger partial charge on any atom is 0.303 e. The Bertz CT molecular complexity index is 605. The van der Waals surface area contributed by atoms with Crippen LogP contribution < -0.4 is 0 Å². The van der Waals surface area contributed by atoms with Gasteiger partial charge in [0.25, 0.3) is 0 Å². The molecule has 0 spiro atoms. The van der Waals surface area contributed by atoms with Gasteiger partial charge in [0.1, 0.15) is 0 Å². The van der Waals surface area contributed by atoms with Crippen molar-refractivity contribution in [3.63, 3.8) is 0 Å². The van der Waals surface area contributed by atoms with Crippen molar-refractivity contribution in [2.45, 2.75) is 97.2 Å². The van der Waals surface area contributed by atoms with E-state index in [2.05, 4.69) is 20.8 Å². The van der Waals surface area contributed by atoms with Crippen LogP contribution in [0.1, 0.15) is 85.0 Å². The van der Waals surface area contributed by atoms with Crippen molar-refractivity contribution in [2.75, 3.05) is 0 Å². The van der Waals surface area contributed by atoms with Gasteiger partial charge >= 0.3 is 5.97 Å². The number of rotatable bonds is 4. The minimum absolute atomic E-state index is 0.128. The molecule has 10 unspecified atom stereocenters. The molecule has 0 aromatic rings. The lowest BCUT2D eigenvalue weighted by atomic mass is 9.43. The van der Waals surface area contributed by atoms with E-state index in [0.717, 1.165) is 32.1 Å². The molecule has 4 rings (SSSR count). The Kier molecular flexibility index (Phi) is 5.36. The minimum Gasteiger partial charge on any atom is -0.481 e. The second kappa shape index (κ2) is 7.27. The number of carboxylic acid groups (broad SMARTS) is 1. The third-order valence-electron chi connectivity index (χ3n) is 10.3. The first kappa shape index (κ1) is 20.7. The van der Waals surface area contributed by atoms with Crippen LogP contribution in [0.4, 0.5) is 0 Å². The summed E-state index contributed by atoms with van der Waals surface area (Å²) in [5.74, 6) is 1.91. The van der Waals surface area contributed by atoms with E-state index in [-0.39, 0.29) is 29.5 Å². The molecule has 0 radical (unpaired) electrons. The number of hydrogen-bond acceptors (Lipinski definition) is 3. The lowest BCUT2D eigenvalue weighted by Crippen LogP contribution is -2.61. The number of aliphatic hydroxyl groups is 2. The molecule has 28 heavy (non-hydrogen) atoms. The predicted molar refractivity (Wildman–Crippen MR) is 109 cm³/mol. The summed E-state index contributed by atoms with van der Waals surface area (Å²) in [4.78, 5) is 11.1. The molecule has 10 atom stereocenters. The summed E-state index contributed by atoms with van der Waals surface area (Å²) in [6.07, 6.45) is 9.29. The van der Waals surface area contributed by atoms with E-state index in [1.54, 1.807) is 0 Å². The van der Waals surface area contributed by atoms with Crippen molar-refractivity contribution in [3.8, 4) is 0 Å². The van der Waals surface area contributed by atoms with Crippen LogP contribution in [-0.4, -0.2) is 33.5 Å². The fourth-order valence-electron chi connectivity index (χ4n) is 8.83. The Hall–Kier alpha value is -0.610. The van der Waals surface area contributed by atoms with Crippen molar-refractivity contribution in [3.05, 3.63) is 0 Å². The molecule has 4 nitrogen and oxygen atoms in total. The van der Waals surface area contributed by atoms with Gasteiger partial charge in [-0.25, -0.2) is 0 Å². The van der Waals surface area contributed by atoms with Crippen LogP contribution in [0.5, 0.6) is 0 Å². The van der Waals surface area contributed by atoms with Gasteiger partial charge in [-0.05, 0) is 91.3 Å². The molecule has 0 aliphatic heterocycles. The van der Waals surface area contributed by atoms with Gasteiger partial charge in [-0.15, -0.1) is 0 Å². The van der Waals surface area contributed by atoms with Crippen LogP contribution in [0.15, 0.2) is 0 Å². The highest BCUT2D eigenvalue weighted by atomic mass is 16.4. The summed E-state index contributed by atoms with van der Waals surface area (Å²) in [5, 5.41) is 31.6. The number of aliphatic hydroxyl groups excluding tert-OH is 2. The monoisotopic (exact) mass is 392 g/mol. The zero-order valence-corrected chi connectivity index (χ0v) is 17.9. The van der Waals surface area contributed by atoms with Crippen molar-refractivity contribution in [1.29, 1.82) is 0 Å². The molecule has 160 valence electrons. The van der Waals surface area contributed by atoms with E-state index in [1.165, 1.54) is 19.3 Å². The van der Waals surface area contributed by atoms with Crippen LogP contribution in [0, 0.1) is 46.3 Å². The van der Waals surface area contributed by atoms with Crippen LogP contribution in [-0.2, 0) is 4.79 Å². The zero-order chi connectivity index (χ0) is 20.3. The van der Waals surface area contributed by atoms with E-state index in [1.807, 2.05) is 0 Å². The van der Waals surface area contributed by atoms with Crippen LogP contribution in [0.2, 0.25) is 0 Å². The lowest BCUT2D eigenvalue weighted by molar-refractivity contribution is -0.194.